The molecular formula is C12H25N4P. The zero-order valence-electron chi connectivity index (χ0n) is 11.5. The van der Waals surface area contributed by atoms with Gasteiger partial charge in [0, 0.05) is 52.3 Å². The van der Waals surface area contributed by atoms with Gasteiger partial charge in [-0.25, -0.2) is 4.67 Å². The van der Waals surface area contributed by atoms with Crippen molar-refractivity contribution in [2.45, 2.75) is 26.7 Å². The van der Waals surface area contributed by atoms with Gasteiger partial charge in [0.05, 0.1) is 0 Å². The van der Waals surface area contributed by atoms with E-state index in [4.69, 9.17) is 0 Å². The Balaban J connectivity index is 2.40. The molecule has 0 amide bonds. The molecule has 98 valence electrons. The lowest BCUT2D eigenvalue weighted by molar-refractivity contribution is 0.484. The van der Waals surface area contributed by atoms with Crippen LogP contribution in [0, 0.1) is 0 Å². The molecule has 0 unspecified atom stereocenters. The number of aliphatic imine (C=N–C) groups is 1. The molecule has 17 heavy (non-hydrogen) atoms. The summed E-state index contributed by atoms with van der Waals surface area (Å²) in [6.45, 7) is 7.38. The summed E-state index contributed by atoms with van der Waals surface area (Å²) in [5.74, 6) is 0. The molecule has 0 bridgehead atoms. The maximum atomic E-state index is 4.46. The van der Waals surface area contributed by atoms with Gasteiger partial charge in [0.25, 0.3) is 0 Å². The van der Waals surface area contributed by atoms with Gasteiger partial charge < -0.3 is 9.34 Å². The summed E-state index contributed by atoms with van der Waals surface area (Å²) < 4.78 is 7.04. The first kappa shape index (κ1) is 14.5. The van der Waals surface area contributed by atoms with E-state index >= 15 is 0 Å². The molecule has 1 aliphatic rings. The Morgan fingerprint density at radius 1 is 1.24 bits per heavy atom. The molecule has 1 rings (SSSR count). The molecule has 5 heteroatoms. The van der Waals surface area contributed by atoms with E-state index in [2.05, 4.69) is 65.6 Å². The van der Waals surface area contributed by atoms with Crippen LogP contribution in [0.3, 0.4) is 0 Å². The summed E-state index contributed by atoms with van der Waals surface area (Å²) in [5, 5.41) is 0. The summed E-state index contributed by atoms with van der Waals surface area (Å²) in [6.07, 6.45) is 8.77. The first-order chi connectivity index (χ1) is 8.20. The first-order valence-corrected chi connectivity index (χ1v) is 7.57. The van der Waals surface area contributed by atoms with Gasteiger partial charge in [-0.3, -0.25) is 4.99 Å². The third-order valence-corrected chi connectivity index (χ3v) is 5.09. The Bertz CT molecular complexity index is 255. The summed E-state index contributed by atoms with van der Waals surface area (Å²) in [4.78, 5) is 4.46. The van der Waals surface area contributed by atoms with E-state index in [1.165, 1.54) is 12.8 Å². The Labute approximate surface area is 107 Å². The SMILES string of the molecule is CCCCN=CCN(CC)P1N(C)C=CN1C. The highest BCUT2D eigenvalue weighted by Gasteiger charge is 2.26. The minimum Gasteiger partial charge on any atom is -0.330 e. The van der Waals surface area contributed by atoms with Crippen LogP contribution in [0.25, 0.3) is 0 Å². The zero-order chi connectivity index (χ0) is 12.7. The number of unbranched alkanes of at least 4 members (excludes halogenated alkanes) is 1. The molecule has 0 saturated carbocycles. The highest BCUT2D eigenvalue weighted by atomic mass is 31.2. The van der Waals surface area contributed by atoms with Gasteiger partial charge in [-0.05, 0) is 6.42 Å². The van der Waals surface area contributed by atoms with E-state index in [1.807, 2.05) is 0 Å². The van der Waals surface area contributed by atoms with Gasteiger partial charge in [0.15, 0.2) is 8.37 Å². The van der Waals surface area contributed by atoms with Gasteiger partial charge in [0.1, 0.15) is 0 Å². The standard InChI is InChI=1S/C12H25N4P/c1-5-7-8-13-9-10-16(6-2)17-14(3)11-12-15(17)4/h9,11-12H,5-8,10H2,1-4H3. The van der Waals surface area contributed by atoms with E-state index in [0.29, 0.717) is 0 Å². The number of nitrogens with zero attached hydrogens (tertiary/aromatic N) is 4. The summed E-state index contributed by atoms with van der Waals surface area (Å²) in [7, 11) is 3.92. The van der Waals surface area contributed by atoms with Crippen LogP contribution in [-0.2, 0) is 0 Å². The van der Waals surface area contributed by atoms with Crippen molar-refractivity contribution in [2.24, 2.45) is 4.99 Å². The quantitative estimate of drug-likeness (QED) is 0.397. The van der Waals surface area contributed by atoms with Crippen LogP contribution in [0.4, 0.5) is 0 Å². The number of hydrogen-bond acceptors (Lipinski definition) is 4. The van der Waals surface area contributed by atoms with Crippen molar-refractivity contribution in [2.75, 3.05) is 33.7 Å². The number of hydrogen-bond donors (Lipinski definition) is 0. The monoisotopic (exact) mass is 256 g/mol. The topological polar surface area (TPSA) is 22.1 Å². The molecule has 0 N–H and O–H groups in total. The van der Waals surface area contributed by atoms with E-state index in [0.717, 1.165) is 19.6 Å². The van der Waals surface area contributed by atoms with Gasteiger partial charge in [-0.2, -0.15) is 0 Å². The van der Waals surface area contributed by atoms with Crippen molar-refractivity contribution in [1.82, 2.24) is 14.0 Å². The summed E-state index contributed by atoms with van der Waals surface area (Å²) in [5.41, 5.74) is 0. The van der Waals surface area contributed by atoms with Crippen LogP contribution < -0.4 is 0 Å². The molecule has 0 aromatic rings. The van der Waals surface area contributed by atoms with E-state index in [9.17, 15) is 0 Å². The van der Waals surface area contributed by atoms with E-state index in [-0.39, 0.29) is 8.37 Å². The second kappa shape index (κ2) is 7.67. The van der Waals surface area contributed by atoms with Crippen LogP contribution in [-0.4, -0.2) is 54.0 Å². The normalized spacial score (nSPS) is 17.0. The van der Waals surface area contributed by atoms with Crippen molar-refractivity contribution in [3.8, 4) is 0 Å². The third kappa shape index (κ3) is 4.29. The highest BCUT2D eigenvalue weighted by molar-refractivity contribution is 7.50. The molecule has 1 aliphatic heterocycles. The second-order valence-corrected chi connectivity index (χ2v) is 6.53. The average Bonchev–Trinajstić information content (AvgIpc) is 2.65. The first-order valence-electron chi connectivity index (χ1n) is 6.37. The third-order valence-electron chi connectivity index (χ3n) is 2.74. The lowest BCUT2D eigenvalue weighted by atomic mass is 10.3. The fourth-order valence-corrected chi connectivity index (χ4v) is 3.83. The minimum absolute atomic E-state index is 0.358. The van der Waals surface area contributed by atoms with Crippen molar-refractivity contribution in [3.05, 3.63) is 12.4 Å². The fraction of sp³-hybridized carbons (Fsp3) is 0.750. The van der Waals surface area contributed by atoms with Crippen LogP contribution in [0.5, 0.6) is 0 Å². The van der Waals surface area contributed by atoms with Crippen LogP contribution in [0.15, 0.2) is 17.4 Å². The minimum atomic E-state index is -0.358. The molecule has 0 aliphatic carbocycles. The van der Waals surface area contributed by atoms with Gasteiger partial charge in [-0.15, -0.1) is 0 Å². The van der Waals surface area contributed by atoms with E-state index in [1.54, 1.807) is 0 Å². The van der Waals surface area contributed by atoms with E-state index < -0.39 is 0 Å². The lowest BCUT2D eigenvalue weighted by Crippen LogP contribution is -2.28. The van der Waals surface area contributed by atoms with Crippen molar-refractivity contribution >= 4 is 14.6 Å². The van der Waals surface area contributed by atoms with Crippen LogP contribution in [0.2, 0.25) is 0 Å². The Morgan fingerprint density at radius 2 is 1.88 bits per heavy atom. The molecule has 0 saturated heterocycles. The summed E-state index contributed by atoms with van der Waals surface area (Å²) in [6, 6.07) is 0. The Hall–Kier alpha value is -0.600. The molecule has 0 aromatic carbocycles. The largest absolute Gasteiger partial charge is 0.330 e. The van der Waals surface area contributed by atoms with Gasteiger partial charge in [0.2, 0.25) is 0 Å². The van der Waals surface area contributed by atoms with Crippen molar-refractivity contribution < 1.29 is 0 Å². The van der Waals surface area contributed by atoms with Crippen LogP contribution >= 0.6 is 8.37 Å². The highest BCUT2D eigenvalue weighted by Crippen LogP contribution is 2.49. The molecule has 0 atom stereocenters. The number of rotatable bonds is 7. The smallest absolute Gasteiger partial charge is 0.177 e. The maximum Gasteiger partial charge on any atom is 0.177 e. The fourth-order valence-electron chi connectivity index (χ4n) is 1.76. The van der Waals surface area contributed by atoms with Gasteiger partial charge in [-0.1, -0.05) is 20.3 Å². The molecule has 0 spiro atoms. The molecule has 0 radical (unpaired) electrons. The zero-order valence-corrected chi connectivity index (χ0v) is 12.4. The molecule has 4 nitrogen and oxygen atoms in total. The Kier molecular flexibility index (Phi) is 6.53. The van der Waals surface area contributed by atoms with Crippen molar-refractivity contribution in [3.63, 3.8) is 0 Å². The molecule has 1 heterocycles. The molecule has 0 fully saturated rings. The molecular weight excluding hydrogens is 231 g/mol. The van der Waals surface area contributed by atoms with Crippen LogP contribution in [0.1, 0.15) is 26.7 Å². The molecule has 0 aromatic heterocycles. The Morgan fingerprint density at radius 3 is 2.41 bits per heavy atom. The second-order valence-electron chi connectivity index (χ2n) is 4.16. The average molecular weight is 256 g/mol. The summed E-state index contributed by atoms with van der Waals surface area (Å²) >= 11 is 0. The predicted molar refractivity (Wildman–Crippen MR) is 77.1 cm³/mol. The lowest BCUT2D eigenvalue weighted by Gasteiger charge is -2.35. The van der Waals surface area contributed by atoms with Gasteiger partial charge >= 0.3 is 0 Å². The maximum absolute atomic E-state index is 4.46. The predicted octanol–water partition coefficient (Wildman–Crippen LogP) is 2.75. The van der Waals surface area contributed by atoms with Crippen molar-refractivity contribution in [1.29, 1.82) is 0 Å².